The maximum absolute atomic E-state index is 12.1. The predicted molar refractivity (Wildman–Crippen MR) is 108 cm³/mol. The van der Waals surface area contributed by atoms with E-state index >= 15 is 0 Å². The first kappa shape index (κ1) is 22.1. The average Bonchev–Trinajstić information content (AvgIpc) is 2.59. The number of thioether (sulfide) groups is 1. The van der Waals surface area contributed by atoms with Crippen molar-refractivity contribution < 1.29 is 8.42 Å². The van der Waals surface area contributed by atoms with Gasteiger partial charge in [-0.05, 0) is 24.3 Å². The van der Waals surface area contributed by atoms with Crippen LogP contribution < -0.4 is 10.6 Å². The van der Waals surface area contributed by atoms with Gasteiger partial charge in [0.1, 0.15) is 0 Å². The minimum atomic E-state index is -3.22. The first-order chi connectivity index (χ1) is 11.9. The van der Waals surface area contributed by atoms with E-state index in [1.165, 1.54) is 4.31 Å². The highest BCUT2D eigenvalue weighted by Gasteiger charge is 2.18. The minimum absolute atomic E-state index is 0.0505. The number of nitrogens with one attached hydrogen (secondary N) is 2. The van der Waals surface area contributed by atoms with Gasteiger partial charge >= 0.3 is 0 Å². The maximum atomic E-state index is 12.1. The Morgan fingerprint density at radius 1 is 1.16 bits per heavy atom. The normalized spacial score (nSPS) is 12.4. The number of nitrogens with zero attached hydrogens (tertiary/aromatic N) is 2. The van der Waals surface area contributed by atoms with Crippen LogP contribution in [0.5, 0.6) is 0 Å². The van der Waals surface area contributed by atoms with E-state index in [2.05, 4.69) is 15.6 Å². The lowest BCUT2D eigenvalue weighted by Gasteiger charge is -2.19. The van der Waals surface area contributed by atoms with Crippen molar-refractivity contribution in [1.29, 1.82) is 0 Å². The number of sulfonamides is 1. The predicted octanol–water partition coefficient (Wildman–Crippen LogP) is 2.27. The molecule has 0 heterocycles. The topological polar surface area (TPSA) is 73.8 Å². The molecule has 0 atom stereocenters. The Morgan fingerprint density at radius 2 is 1.76 bits per heavy atom. The molecule has 1 aromatic rings. The second kappa shape index (κ2) is 11.6. The Balaban J connectivity index is 2.29. The Hall–Kier alpha value is -0.960. The van der Waals surface area contributed by atoms with Gasteiger partial charge in [0.2, 0.25) is 10.0 Å². The lowest BCUT2D eigenvalue weighted by molar-refractivity contribution is 0.445. The standard InChI is InChI=1S/C16H27ClN4O2S2/c1-4-21(5-2)25(22,23)13-11-20-16(18-3)19-10-12-24-15-8-6-14(17)7-9-15/h6-9H,4-5,10-13H2,1-3H3,(H2,18,19,20). The highest BCUT2D eigenvalue weighted by molar-refractivity contribution is 7.99. The molecule has 0 radical (unpaired) electrons. The molecule has 0 unspecified atom stereocenters. The molecule has 9 heteroatoms. The van der Waals surface area contributed by atoms with Crippen molar-refractivity contribution in [3.05, 3.63) is 29.3 Å². The van der Waals surface area contributed by atoms with Gasteiger partial charge in [-0.3, -0.25) is 4.99 Å². The van der Waals surface area contributed by atoms with Crippen molar-refractivity contribution in [2.24, 2.45) is 4.99 Å². The number of hydrogen-bond donors (Lipinski definition) is 2. The molecule has 0 aromatic heterocycles. The Labute approximate surface area is 160 Å². The molecule has 0 amide bonds. The maximum Gasteiger partial charge on any atom is 0.215 e. The van der Waals surface area contributed by atoms with Crippen molar-refractivity contribution in [1.82, 2.24) is 14.9 Å². The Bertz CT molecular complexity index is 632. The van der Waals surface area contributed by atoms with E-state index in [0.717, 1.165) is 22.2 Å². The fourth-order valence-corrected chi connectivity index (χ4v) is 4.43. The van der Waals surface area contributed by atoms with E-state index in [1.807, 2.05) is 38.1 Å². The molecule has 6 nitrogen and oxygen atoms in total. The quantitative estimate of drug-likeness (QED) is 0.270. The summed E-state index contributed by atoms with van der Waals surface area (Å²) < 4.78 is 25.7. The lowest BCUT2D eigenvalue weighted by atomic mass is 10.4. The zero-order valence-electron chi connectivity index (χ0n) is 15.0. The number of hydrogen-bond acceptors (Lipinski definition) is 4. The van der Waals surface area contributed by atoms with Crippen LogP contribution in [0.15, 0.2) is 34.2 Å². The zero-order valence-corrected chi connectivity index (χ0v) is 17.3. The van der Waals surface area contributed by atoms with Crippen LogP contribution in [-0.2, 0) is 10.0 Å². The van der Waals surface area contributed by atoms with Crippen LogP contribution >= 0.6 is 23.4 Å². The van der Waals surface area contributed by atoms with Gasteiger partial charge < -0.3 is 10.6 Å². The van der Waals surface area contributed by atoms with E-state index in [1.54, 1.807) is 18.8 Å². The fraction of sp³-hybridized carbons (Fsp3) is 0.562. The fourth-order valence-electron chi connectivity index (χ4n) is 2.13. The summed E-state index contributed by atoms with van der Waals surface area (Å²) in [5.74, 6) is 1.51. The summed E-state index contributed by atoms with van der Waals surface area (Å²) in [6.07, 6.45) is 0. The highest BCUT2D eigenvalue weighted by Crippen LogP contribution is 2.19. The van der Waals surface area contributed by atoms with Gasteiger partial charge in [0, 0.05) is 48.9 Å². The van der Waals surface area contributed by atoms with Crippen molar-refractivity contribution in [2.75, 3.05) is 44.7 Å². The van der Waals surface area contributed by atoms with Gasteiger partial charge in [-0.25, -0.2) is 12.7 Å². The zero-order chi connectivity index (χ0) is 18.7. The summed E-state index contributed by atoms with van der Waals surface area (Å²) >= 11 is 7.57. The van der Waals surface area contributed by atoms with E-state index < -0.39 is 10.0 Å². The van der Waals surface area contributed by atoms with Crippen LogP contribution in [0.4, 0.5) is 0 Å². The van der Waals surface area contributed by atoms with Gasteiger partial charge in [-0.2, -0.15) is 0 Å². The van der Waals surface area contributed by atoms with Gasteiger partial charge in [0.15, 0.2) is 5.96 Å². The van der Waals surface area contributed by atoms with Crippen molar-refractivity contribution in [3.63, 3.8) is 0 Å². The summed E-state index contributed by atoms with van der Waals surface area (Å²) in [6.45, 7) is 5.71. The third-order valence-electron chi connectivity index (χ3n) is 3.45. The first-order valence-electron chi connectivity index (χ1n) is 8.23. The molecule has 0 aliphatic carbocycles. The molecule has 0 spiro atoms. The monoisotopic (exact) mass is 406 g/mol. The third kappa shape index (κ3) is 8.31. The van der Waals surface area contributed by atoms with Crippen LogP contribution in [0.1, 0.15) is 13.8 Å². The minimum Gasteiger partial charge on any atom is -0.356 e. The summed E-state index contributed by atoms with van der Waals surface area (Å²) in [5, 5.41) is 6.95. The molecule has 2 N–H and O–H groups in total. The van der Waals surface area contributed by atoms with Crippen LogP contribution in [0, 0.1) is 0 Å². The lowest BCUT2D eigenvalue weighted by Crippen LogP contribution is -2.42. The van der Waals surface area contributed by atoms with Crippen LogP contribution in [0.25, 0.3) is 0 Å². The van der Waals surface area contributed by atoms with Crippen molar-refractivity contribution >= 4 is 39.3 Å². The Morgan fingerprint density at radius 3 is 2.32 bits per heavy atom. The van der Waals surface area contributed by atoms with Crippen molar-refractivity contribution in [2.45, 2.75) is 18.7 Å². The molecular formula is C16H27ClN4O2S2. The molecule has 1 rings (SSSR count). The second-order valence-electron chi connectivity index (χ2n) is 5.13. The molecule has 0 bridgehead atoms. The number of rotatable bonds is 10. The molecule has 0 fully saturated rings. The third-order valence-corrected chi connectivity index (χ3v) is 6.74. The van der Waals surface area contributed by atoms with Crippen LogP contribution in [0.2, 0.25) is 5.02 Å². The largest absolute Gasteiger partial charge is 0.356 e. The summed E-state index contributed by atoms with van der Waals surface area (Å²) in [5.41, 5.74) is 0. The SMILES string of the molecule is CCN(CC)S(=O)(=O)CCNC(=NC)NCCSc1ccc(Cl)cc1. The molecule has 142 valence electrons. The van der Waals surface area contributed by atoms with E-state index in [9.17, 15) is 8.42 Å². The van der Waals surface area contributed by atoms with Gasteiger partial charge in [0.25, 0.3) is 0 Å². The number of aliphatic imine (C=N–C) groups is 1. The number of guanidine groups is 1. The molecule has 0 aliphatic rings. The molecule has 25 heavy (non-hydrogen) atoms. The Kier molecular flexibility index (Phi) is 10.3. The van der Waals surface area contributed by atoms with Crippen LogP contribution in [0.3, 0.4) is 0 Å². The molecule has 1 aromatic carbocycles. The molecule has 0 saturated heterocycles. The smallest absolute Gasteiger partial charge is 0.215 e. The highest BCUT2D eigenvalue weighted by atomic mass is 35.5. The first-order valence-corrected chi connectivity index (χ1v) is 11.2. The van der Waals surface area contributed by atoms with Gasteiger partial charge in [0.05, 0.1) is 5.75 Å². The van der Waals surface area contributed by atoms with Crippen LogP contribution in [-0.4, -0.2) is 63.4 Å². The van der Waals surface area contributed by atoms with Gasteiger partial charge in [-0.1, -0.05) is 25.4 Å². The van der Waals surface area contributed by atoms with Gasteiger partial charge in [-0.15, -0.1) is 11.8 Å². The molecule has 0 aliphatic heterocycles. The molecule has 0 saturated carbocycles. The van der Waals surface area contributed by atoms with E-state index in [0.29, 0.717) is 25.6 Å². The molecular weight excluding hydrogens is 380 g/mol. The average molecular weight is 407 g/mol. The summed E-state index contributed by atoms with van der Waals surface area (Å²) in [4.78, 5) is 5.26. The summed E-state index contributed by atoms with van der Waals surface area (Å²) in [6, 6.07) is 7.71. The summed E-state index contributed by atoms with van der Waals surface area (Å²) in [7, 11) is -1.55. The number of halogens is 1. The van der Waals surface area contributed by atoms with Crippen molar-refractivity contribution in [3.8, 4) is 0 Å². The second-order valence-corrected chi connectivity index (χ2v) is 8.82. The van der Waals surface area contributed by atoms with E-state index in [-0.39, 0.29) is 5.75 Å². The number of benzene rings is 1. The van der Waals surface area contributed by atoms with E-state index in [4.69, 9.17) is 11.6 Å².